The minimum Gasteiger partial charge on any atom is -0.207 e. The third-order valence-electron chi connectivity index (χ3n) is 2.63. The van der Waals surface area contributed by atoms with Gasteiger partial charge in [-0.2, -0.15) is 0 Å². The number of halogens is 4. The molecule has 0 aromatic heterocycles. The fourth-order valence-corrected chi connectivity index (χ4v) is 2.27. The molecule has 0 aliphatic rings. The average Bonchev–Trinajstić information content (AvgIpc) is 2.35. The van der Waals surface area contributed by atoms with Gasteiger partial charge in [0.05, 0.1) is 15.4 Å². The Morgan fingerprint density at radius 3 is 2.22 bits per heavy atom. The summed E-state index contributed by atoms with van der Waals surface area (Å²) in [5.74, 6) is -0.251. The number of benzene rings is 2. The van der Waals surface area contributed by atoms with Crippen LogP contribution in [0.25, 0.3) is 0 Å². The molecule has 0 fully saturated rings. The molecule has 0 aliphatic heterocycles. The van der Waals surface area contributed by atoms with E-state index in [0.717, 1.165) is 11.1 Å². The summed E-state index contributed by atoms with van der Waals surface area (Å²) in [6.45, 7) is 0. The van der Waals surface area contributed by atoms with Gasteiger partial charge in [-0.1, -0.05) is 41.4 Å². The van der Waals surface area contributed by atoms with Crippen LogP contribution in [0.2, 0.25) is 10.0 Å². The molecule has 1 atom stereocenters. The zero-order chi connectivity index (χ0) is 13.1. The van der Waals surface area contributed by atoms with E-state index in [0.29, 0.717) is 16.5 Å². The standard InChI is InChI=1S/C14H10Cl3F/c15-12-6-3-10(8-14(12)17)13(16)7-9-1-4-11(18)5-2-9/h1-6,8,13H,7H2. The summed E-state index contributed by atoms with van der Waals surface area (Å²) >= 11 is 18.1. The van der Waals surface area contributed by atoms with E-state index in [-0.39, 0.29) is 11.2 Å². The van der Waals surface area contributed by atoms with E-state index >= 15 is 0 Å². The van der Waals surface area contributed by atoms with Gasteiger partial charge in [-0.05, 0) is 41.8 Å². The molecule has 1 unspecified atom stereocenters. The van der Waals surface area contributed by atoms with Crippen LogP contribution in [0.1, 0.15) is 16.5 Å². The molecule has 0 saturated carbocycles. The molecule has 2 aromatic rings. The molecule has 0 nitrogen and oxygen atoms in total. The molecule has 18 heavy (non-hydrogen) atoms. The lowest BCUT2D eigenvalue weighted by Crippen LogP contribution is -1.96. The van der Waals surface area contributed by atoms with Crippen molar-refractivity contribution in [3.63, 3.8) is 0 Å². The Kier molecular flexibility index (Phi) is 4.50. The van der Waals surface area contributed by atoms with Gasteiger partial charge >= 0.3 is 0 Å². The van der Waals surface area contributed by atoms with E-state index < -0.39 is 0 Å². The van der Waals surface area contributed by atoms with Crippen molar-refractivity contribution in [3.05, 3.63) is 69.5 Å². The average molecular weight is 304 g/mol. The van der Waals surface area contributed by atoms with Crippen molar-refractivity contribution in [2.45, 2.75) is 11.8 Å². The summed E-state index contributed by atoms with van der Waals surface area (Å²) in [7, 11) is 0. The van der Waals surface area contributed by atoms with Gasteiger partial charge < -0.3 is 0 Å². The van der Waals surface area contributed by atoms with E-state index in [1.807, 2.05) is 6.07 Å². The predicted octanol–water partition coefficient (Wildman–Crippen LogP) is 5.66. The van der Waals surface area contributed by atoms with Crippen LogP contribution >= 0.6 is 34.8 Å². The Hall–Kier alpha value is -0.760. The minimum absolute atomic E-state index is 0.217. The smallest absolute Gasteiger partial charge is 0.123 e. The summed E-state index contributed by atoms with van der Waals surface area (Å²) in [5.41, 5.74) is 1.87. The van der Waals surface area contributed by atoms with Gasteiger partial charge in [-0.25, -0.2) is 4.39 Å². The highest BCUT2D eigenvalue weighted by atomic mass is 35.5. The predicted molar refractivity (Wildman–Crippen MR) is 75.2 cm³/mol. The SMILES string of the molecule is Fc1ccc(CC(Cl)c2ccc(Cl)c(Cl)c2)cc1. The maximum Gasteiger partial charge on any atom is 0.123 e. The van der Waals surface area contributed by atoms with Crippen LogP contribution in [0.4, 0.5) is 4.39 Å². The zero-order valence-corrected chi connectivity index (χ0v) is 11.6. The highest BCUT2D eigenvalue weighted by molar-refractivity contribution is 6.42. The fourth-order valence-electron chi connectivity index (χ4n) is 1.65. The van der Waals surface area contributed by atoms with Crippen molar-refractivity contribution in [2.24, 2.45) is 0 Å². The lowest BCUT2D eigenvalue weighted by molar-refractivity contribution is 0.627. The van der Waals surface area contributed by atoms with Crippen molar-refractivity contribution in [1.29, 1.82) is 0 Å². The first-order valence-corrected chi connectivity index (χ1v) is 6.59. The second-order valence-electron chi connectivity index (χ2n) is 3.97. The Morgan fingerprint density at radius 2 is 1.61 bits per heavy atom. The lowest BCUT2D eigenvalue weighted by Gasteiger charge is -2.11. The normalized spacial score (nSPS) is 12.4. The molecule has 4 heteroatoms. The molecule has 2 rings (SSSR count). The maximum atomic E-state index is 12.8. The monoisotopic (exact) mass is 302 g/mol. The van der Waals surface area contributed by atoms with Gasteiger partial charge in [0.1, 0.15) is 5.82 Å². The summed E-state index contributed by atoms with van der Waals surface area (Å²) in [6.07, 6.45) is 0.611. The molecule has 94 valence electrons. The molecule has 0 aliphatic carbocycles. The Morgan fingerprint density at radius 1 is 0.944 bits per heavy atom. The molecule has 2 aromatic carbocycles. The van der Waals surface area contributed by atoms with Crippen molar-refractivity contribution in [2.75, 3.05) is 0 Å². The fraction of sp³-hybridized carbons (Fsp3) is 0.143. The quantitative estimate of drug-likeness (QED) is 0.642. The summed E-state index contributed by atoms with van der Waals surface area (Å²) in [5, 5.41) is 0.773. The third kappa shape index (κ3) is 3.38. The zero-order valence-electron chi connectivity index (χ0n) is 9.34. The minimum atomic E-state index is -0.251. The van der Waals surface area contributed by atoms with Gasteiger partial charge in [-0.3, -0.25) is 0 Å². The largest absolute Gasteiger partial charge is 0.207 e. The highest BCUT2D eigenvalue weighted by Gasteiger charge is 2.10. The second-order valence-corrected chi connectivity index (χ2v) is 5.31. The Bertz CT molecular complexity index is 537. The van der Waals surface area contributed by atoms with Crippen LogP contribution in [-0.4, -0.2) is 0 Å². The van der Waals surface area contributed by atoms with Gasteiger partial charge in [-0.15, -0.1) is 11.6 Å². The summed E-state index contributed by atoms with van der Waals surface area (Å²) < 4.78 is 12.8. The number of rotatable bonds is 3. The van der Waals surface area contributed by atoms with Gasteiger partial charge in [0, 0.05) is 0 Å². The van der Waals surface area contributed by atoms with E-state index in [1.54, 1.807) is 24.3 Å². The van der Waals surface area contributed by atoms with Crippen molar-refractivity contribution in [3.8, 4) is 0 Å². The van der Waals surface area contributed by atoms with Gasteiger partial charge in [0.2, 0.25) is 0 Å². The first-order chi connectivity index (χ1) is 8.56. The van der Waals surface area contributed by atoms with Crippen molar-refractivity contribution < 1.29 is 4.39 Å². The van der Waals surface area contributed by atoms with E-state index in [1.165, 1.54) is 12.1 Å². The number of alkyl halides is 1. The third-order valence-corrected chi connectivity index (χ3v) is 3.78. The summed E-state index contributed by atoms with van der Waals surface area (Å²) in [4.78, 5) is 0. The van der Waals surface area contributed by atoms with E-state index in [4.69, 9.17) is 34.8 Å². The van der Waals surface area contributed by atoms with E-state index in [9.17, 15) is 4.39 Å². The molecule has 0 spiro atoms. The molecule has 0 radical (unpaired) electrons. The number of hydrogen-bond acceptors (Lipinski definition) is 0. The van der Waals surface area contributed by atoms with Crippen LogP contribution in [0, 0.1) is 5.82 Å². The molecular weight excluding hydrogens is 294 g/mol. The highest BCUT2D eigenvalue weighted by Crippen LogP contribution is 2.30. The van der Waals surface area contributed by atoms with Crippen molar-refractivity contribution in [1.82, 2.24) is 0 Å². The molecule has 0 amide bonds. The topological polar surface area (TPSA) is 0 Å². The van der Waals surface area contributed by atoms with Gasteiger partial charge in [0.15, 0.2) is 0 Å². The Balaban J connectivity index is 2.13. The molecular formula is C14H10Cl3F. The van der Waals surface area contributed by atoms with E-state index in [2.05, 4.69) is 0 Å². The Labute approximate surface area is 120 Å². The summed E-state index contributed by atoms with van der Waals surface area (Å²) in [6, 6.07) is 11.6. The molecule has 0 heterocycles. The van der Waals surface area contributed by atoms with Crippen LogP contribution in [0.3, 0.4) is 0 Å². The number of hydrogen-bond donors (Lipinski definition) is 0. The van der Waals surface area contributed by atoms with Crippen LogP contribution in [0.15, 0.2) is 42.5 Å². The van der Waals surface area contributed by atoms with Crippen LogP contribution < -0.4 is 0 Å². The van der Waals surface area contributed by atoms with Crippen molar-refractivity contribution >= 4 is 34.8 Å². The molecule has 0 bridgehead atoms. The molecule has 0 N–H and O–H groups in total. The maximum absolute atomic E-state index is 12.8. The van der Waals surface area contributed by atoms with Crippen LogP contribution in [-0.2, 0) is 6.42 Å². The van der Waals surface area contributed by atoms with Crippen LogP contribution in [0.5, 0.6) is 0 Å². The lowest BCUT2D eigenvalue weighted by atomic mass is 10.0. The first kappa shape index (κ1) is 13.7. The first-order valence-electron chi connectivity index (χ1n) is 5.40. The second kappa shape index (κ2) is 5.92. The molecule has 0 saturated heterocycles. The van der Waals surface area contributed by atoms with Gasteiger partial charge in [0.25, 0.3) is 0 Å².